The van der Waals surface area contributed by atoms with E-state index in [-0.39, 0.29) is 31.7 Å². The average molecular weight is 273 g/mol. The van der Waals surface area contributed by atoms with Gasteiger partial charge in [-0.15, -0.1) is 0 Å². The molecule has 1 aromatic carbocycles. The van der Waals surface area contributed by atoms with Crippen molar-refractivity contribution in [2.24, 2.45) is 0 Å². The molecule has 1 fully saturated rings. The summed E-state index contributed by atoms with van der Waals surface area (Å²) in [4.78, 5) is 24.1. The lowest BCUT2D eigenvalue weighted by Gasteiger charge is -2.26. The SMILES string of the molecule is O=C1CCN(C(=O)c2cc(F)c(F)c(O)c2F)CC1. The van der Waals surface area contributed by atoms with Crippen LogP contribution in [-0.2, 0) is 4.79 Å². The number of phenolic OH excluding ortho intramolecular Hbond substituents is 1. The van der Waals surface area contributed by atoms with Gasteiger partial charge in [0.15, 0.2) is 17.4 Å². The Bertz CT molecular complexity index is 550. The number of hydrogen-bond acceptors (Lipinski definition) is 3. The van der Waals surface area contributed by atoms with Crippen LogP contribution in [-0.4, -0.2) is 34.8 Å². The third-order valence-corrected chi connectivity index (χ3v) is 2.97. The number of likely N-dealkylation sites (tertiary alicyclic amines) is 1. The lowest BCUT2D eigenvalue weighted by atomic mass is 10.1. The molecule has 1 aliphatic rings. The van der Waals surface area contributed by atoms with Crippen molar-refractivity contribution in [1.29, 1.82) is 0 Å². The van der Waals surface area contributed by atoms with Crippen molar-refractivity contribution in [3.8, 4) is 5.75 Å². The molecule has 19 heavy (non-hydrogen) atoms. The van der Waals surface area contributed by atoms with Gasteiger partial charge in [-0.25, -0.2) is 8.78 Å². The highest BCUT2D eigenvalue weighted by molar-refractivity contribution is 5.96. The molecule has 0 bridgehead atoms. The van der Waals surface area contributed by atoms with Crippen molar-refractivity contribution >= 4 is 11.7 Å². The molecule has 0 atom stereocenters. The van der Waals surface area contributed by atoms with Crippen molar-refractivity contribution in [1.82, 2.24) is 4.90 Å². The van der Waals surface area contributed by atoms with Crippen LogP contribution in [0.25, 0.3) is 0 Å². The monoisotopic (exact) mass is 273 g/mol. The van der Waals surface area contributed by atoms with Crippen molar-refractivity contribution in [2.45, 2.75) is 12.8 Å². The van der Waals surface area contributed by atoms with E-state index in [1.807, 2.05) is 0 Å². The van der Waals surface area contributed by atoms with Crippen LogP contribution in [0.3, 0.4) is 0 Å². The van der Waals surface area contributed by atoms with Crippen LogP contribution in [0.5, 0.6) is 5.75 Å². The number of ketones is 1. The van der Waals surface area contributed by atoms with E-state index >= 15 is 0 Å². The maximum atomic E-state index is 13.6. The molecule has 0 unspecified atom stereocenters. The molecule has 1 heterocycles. The molecule has 102 valence electrons. The van der Waals surface area contributed by atoms with Crippen LogP contribution in [0, 0.1) is 17.5 Å². The summed E-state index contributed by atoms with van der Waals surface area (Å²) in [7, 11) is 0. The zero-order chi connectivity index (χ0) is 14.2. The summed E-state index contributed by atoms with van der Waals surface area (Å²) < 4.78 is 39.5. The van der Waals surface area contributed by atoms with Crippen LogP contribution in [0.15, 0.2) is 6.07 Å². The highest BCUT2D eigenvalue weighted by Crippen LogP contribution is 2.27. The molecular weight excluding hydrogens is 263 g/mol. The van der Waals surface area contributed by atoms with Gasteiger partial charge < -0.3 is 10.0 Å². The van der Waals surface area contributed by atoms with Crippen LogP contribution in [0.1, 0.15) is 23.2 Å². The van der Waals surface area contributed by atoms with Gasteiger partial charge in [0.1, 0.15) is 5.78 Å². The van der Waals surface area contributed by atoms with Gasteiger partial charge >= 0.3 is 0 Å². The molecule has 0 aromatic heterocycles. The predicted octanol–water partition coefficient (Wildman–Crippen LogP) is 1.61. The van der Waals surface area contributed by atoms with Crippen LogP contribution >= 0.6 is 0 Å². The van der Waals surface area contributed by atoms with Gasteiger partial charge in [-0.1, -0.05) is 0 Å². The Balaban J connectivity index is 2.32. The molecule has 0 aliphatic carbocycles. The number of carbonyl (C=O) groups is 2. The number of carbonyl (C=O) groups excluding carboxylic acids is 2. The quantitative estimate of drug-likeness (QED) is 0.791. The number of benzene rings is 1. The van der Waals surface area contributed by atoms with E-state index in [1.165, 1.54) is 0 Å². The molecule has 0 spiro atoms. The highest BCUT2D eigenvalue weighted by atomic mass is 19.2. The van der Waals surface area contributed by atoms with Gasteiger partial charge in [0.05, 0.1) is 5.56 Å². The molecule has 1 N–H and O–H groups in total. The fourth-order valence-corrected chi connectivity index (χ4v) is 1.88. The Labute approximate surface area is 106 Å². The topological polar surface area (TPSA) is 57.6 Å². The van der Waals surface area contributed by atoms with Crippen molar-refractivity contribution < 1.29 is 27.9 Å². The van der Waals surface area contributed by atoms with Gasteiger partial charge in [-0.05, 0) is 6.07 Å². The Hall–Kier alpha value is -2.05. The lowest BCUT2D eigenvalue weighted by Crippen LogP contribution is -2.39. The number of hydrogen-bond donors (Lipinski definition) is 1. The minimum atomic E-state index is -1.73. The van der Waals surface area contributed by atoms with E-state index in [0.717, 1.165) is 4.90 Å². The third kappa shape index (κ3) is 2.40. The van der Waals surface area contributed by atoms with Crippen LogP contribution < -0.4 is 0 Å². The summed E-state index contributed by atoms with van der Waals surface area (Å²) in [5.74, 6) is -7.15. The first-order valence-corrected chi connectivity index (χ1v) is 5.59. The largest absolute Gasteiger partial charge is 0.503 e. The number of rotatable bonds is 1. The number of nitrogens with zero attached hydrogens (tertiary/aromatic N) is 1. The second-order valence-electron chi connectivity index (χ2n) is 4.21. The Morgan fingerprint density at radius 2 is 1.74 bits per heavy atom. The molecule has 0 saturated carbocycles. The number of aromatic hydroxyl groups is 1. The molecule has 2 rings (SSSR count). The summed E-state index contributed by atoms with van der Waals surface area (Å²) in [5, 5.41) is 9.04. The Kier molecular flexibility index (Phi) is 3.46. The smallest absolute Gasteiger partial charge is 0.257 e. The minimum Gasteiger partial charge on any atom is -0.503 e. The number of Topliss-reactive ketones (excluding diaryl/α,β-unsaturated/α-hetero) is 1. The minimum absolute atomic E-state index is 0.0161. The summed E-state index contributed by atoms with van der Waals surface area (Å²) >= 11 is 0. The Morgan fingerprint density at radius 3 is 2.32 bits per heavy atom. The van der Waals surface area contributed by atoms with Crippen molar-refractivity contribution in [3.63, 3.8) is 0 Å². The van der Waals surface area contributed by atoms with E-state index in [9.17, 15) is 22.8 Å². The van der Waals surface area contributed by atoms with Gasteiger partial charge in [0.2, 0.25) is 5.82 Å². The molecule has 1 aliphatic heterocycles. The van der Waals surface area contributed by atoms with Crippen molar-refractivity contribution in [3.05, 3.63) is 29.1 Å². The number of amides is 1. The summed E-state index contributed by atoms with van der Waals surface area (Å²) in [6.45, 7) is 0.188. The van der Waals surface area contributed by atoms with Gasteiger partial charge in [-0.3, -0.25) is 9.59 Å². The highest BCUT2D eigenvalue weighted by Gasteiger charge is 2.27. The summed E-state index contributed by atoms with van der Waals surface area (Å²) in [6, 6.07) is 0.406. The van der Waals surface area contributed by atoms with E-state index < -0.39 is 34.7 Å². The normalized spacial score (nSPS) is 15.7. The molecule has 4 nitrogen and oxygen atoms in total. The van der Waals surface area contributed by atoms with Crippen LogP contribution in [0.4, 0.5) is 13.2 Å². The van der Waals surface area contributed by atoms with E-state index in [2.05, 4.69) is 0 Å². The predicted molar refractivity (Wildman–Crippen MR) is 58.1 cm³/mol. The summed E-state index contributed by atoms with van der Waals surface area (Å²) in [5.41, 5.74) is -0.745. The second-order valence-corrected chi connectivity index (χ2v) is 4.21. The average Bonchev–Trinajstić information content (AvgIpc) is 2.40. The number of piperidine rings is 1. The van der Waals surface area contributed by atoms with Crippen molar-refractivity contribution in [2.75, 3.05) is 13.1 Å². The van der Waals surface area contributed by atoms with Crippen LogP contribution in [0.2, 0.25) is 0 Å². The number of halogens is 3. The molecule has 7 heteroatoms. The second kappa shape index (κ2) is 4.91. The first kappa shape index (κ1) is 13.4. The summed E-state index contributed by atoms with van der Waals surface area (Å²) in [6.07, 6.45) is 0.284. The zero-order valence-corrected chi connectivity index (χ0v) is 9.75. The first-order valence-electron chi connectivity index (χ1n) is 5.59. The molecular formula is C12H10F3NO3. The van der Waals surface area contributed by atoms with E-state index in [0.29, 0.717) is 6.07 Å². The fraction of sp³-hybridized carbons (Fsp3) is 0.333. The molecule has 1 aromatic rings. The first-order chi connectivity index (χ1) is 8.91. The lowest BCUT2D eigenvalue weighted by molar-refractivity contribution is -0.120. The van der Waals surface area contributed by atoms with E-state index in [1.54, 1.807) is 0 Å². The Morgan fingerprint density at radius 1 is 1.16 bits per heavy atom. The maximum Gasteiger partial charge on any atom is 0.257 e. The van der Waals surface area contributed by atoms with Gasteiger partial charge in [0.25, 0.3) is 5.91 Å². The molecule has 1 amide bonds. The van der Waals surface area contributed by atoms with Gasteiger partial charge in [-0.2, -0.15) is 4.39 Å². The van der Waals surface area contributed by atoms with Gasteiger partial charge in [0, 0.05) is 25.9 Å². The number of phenols is 1. The fourth-order valence-electron chi connectivity index (χ4n) is 1.88. The van der Waals surface area contributed by atoms with E-state index in [4.69, 9.17) is 5.11 Å². The maximum absolute atomic E-state index is 13.6. The molecule has 1 saturated heterocycles. The molecule has 0 radical (unpaired) electrons. The zero-order valence-electron chi connectivity index (χ0n) is 9.75. The standard InChI is InChI=1S/C12H10F3NO3/c13-8-5-7(9(14)11(18)10(8)15)12(19)16-3-1-6(17)2-4-16/h5,18H,1-4H2. The third-order valence-electron chi connectivity index (χ3n) is 2.97.